The molecule has 0 N–H and O–H groups in total. The fourth-order valence-electron chi connectivity index (χ4n) is 4.02. The van der Waals surface area contributed by atoms with Gasteiger partial charge in [-0.15, -0.1) is 12.4 Å². The van der Waals surface area contributed by atoms with Gasteiger partial charge < -0.3 is 23.5 Å². The van der Waals surface area contributed by atoms with Crippen molar-refractivity contribution in [1.29, 1.82) is 0 Å². The Morgan fingerprint density at radius 2 is 1.56 bits per heavy atom. The highest BCUT2D eigenvalue weighted by Gasteiger charge is 2.17. The number of ether oxygens (including phenoxy) is 3. The van der Waals surface area contributed by atoms with E-state index in [1.807, 2.05) is 35.0 Å². The van der Waals surface area contributed by atoms with Crippen LogP contribution >= 0.6 is 12.4 Å². The number of imidazole rings is 1. The van der Waals surface area contributed by atoms with E-state index in [-0.39, 0.29) is 12.4 Å². The Bertz CT molecular complexity index is 989. The van der Waals surface area contributed by atoms with Gasteiger partial charge in [0, 0.05) is 24.5 Å². The fourth-order valence-corrected chi connectivity index (χ4v) is 4.02. The number of fused-ring (bicyclic) bond motifs is 1. The maximum atomic E-state index is 6.18. The van der Waals surface area contributed by atoms with Crippen LogP contribution < -0.4 is 14.2 Å². The molecule has 3 rings (SSSR count). The molecule has 0 aliphatic carbocycles. The lowest BCUT2D eigenvalue weighted by atomic mass is 10.1. The first-order valence-corrected chi connectivity index (χ1v) is 12.2. The minimum atomic E-state index is 0. The summed E-state index contributed by atoms with van der Waals surface area (Å²) in [6.45, 7) is 10.5. The normalized spacial score (nSPS) is 11.0. The Morgan fingerprint density at radius 1 is 0.941 bits per heavy atom. The summed E-state index contributed by atoms with van der Waals surface area (Å²) < 4.78 is 19.6. The van der Waals surface area contributed by atoms with Gasteiger partial charge in [-0.1, -0.05) is 32.8 Å². The van der Waals surface area contributed by atoms with E-state index in [1.54, 1.807) is 14.2 Å². The molecule has 6 nitrogen and oxygen atoms in total. The molecule has 188 valence electrons. The molecule has 0 fully saturated rings. The quantitative estimate of drug-likeness (QED) is 0.244. The number of methoxy groups -OCH3 is 2. The Labute approximate surface area is 210 Å². The first kappa shape index (κ1) is 27.8. The summed E-state index contributed by atoms with van der Waals surface area (Å²) in [6, 6.07) is 8.04. The van der Waals surface area contributed by atoms with Crippen molar-refractivity contribution in [1.82, 2.24) is 14.3 Å². The van der Waals surface area contributed by atoms with Gasteiger partial charge in [0.25, 0.3) is 0 Å². The third kappa shape index (κ3) is 7.03. The number of hydrogen-bond donors (Lipinski definition) is 0. The summed E-state index contributed by atoms with van der Waals surface area (Å²) in [6.07, 6.45) is 9.95. The first-order chi connectivity index (χ1) is 16.1. The van der Waals surface area contributed by atoms with Crippen molar-refractivity contribution in [3.8, 4) is 28.5 Å². The van der Waals surface area contributed by atoms with Crippen molar-refractivity contribution in [2.45, 2.75) is 52.9 Å². The Balaban J connectivity index is 0.00000408. The van der Waals surface area contributed by atoms with Crippen LogP contribution in [0.5, 0.6) is 17.2 Å². The lowest BCUT2D eigenvalue weighted by molar-refractivity contribution is 0.220. The lowest BCUT2D eigenvalue weighted by Crippen LogP contribution is -2.28. The molecular weight excluding hydrogens is 450 g/mol. The van der Waals surface area contributed by atoms with Gasteiger partial charge in [0.2, 0.25) is 5.75 Å². The molecular formula is C27H40ClN3O3. The Kier molecular flexibility index (Phi) is 11.5. The highest BCUT2D eigenvalue weighted by atomic mass is 35.5. The minimum absolute atomic E-state index is 0. The van der Waals surface area contributed by atoms with Gasteiger partial charge in [-0.05, 0) is 63.0 Å². The number of benzene rings is 1. The van der Waals surface area contributed by atoms with Gasteiger partial charge in [-0.3, -0.25) is 0 Å². The van der Waals surface area contributed by atoms with Crippen molar-refractivity contribution < 1.29 is 14.2 Å². The molecule has 2 heterocycles. The summed E-state index contributed by atoms with van der Waals surface area (Å²) in [5.74, 6) is 1.97. The van der Waals surface area contributed by atoms with Crippen LogP contribution in [-0.2, 0) is 0 Å². The molecule has 7 heteroatoms. The second kappa shape index (κ2) is 14.1. The molecule has 0 bridgehead atoms. The molecule has 0 saturated heterocycles. The molecule has 34 heavy (non-hydrogen) atoms. The average Bonchev–Trinajstić information content (AvgIpc) is 3.28. The third-order valence-electron chi connectivity index (χ3n) is 5.96. The molecule has 0 aliphatic heterocycles. The molecule has 0 unspecified atom stereocenters. The summed E-state index contributed by atoms with van der Waals surface area (Å²) in [5, 5.41) is 0. The van der Waals surface area contributed by atoms with Crippen molar-refractivity contribution in [3.63, 3.8) is 0 Å². The SMILES string of the molecule is CCCCN(CCCC)CCCOc1c(OC)cc(-c2cn3cccc(C)c3n2)cc1OC.Cl. The monoisotopic (exact) mass is 489 g/mol. The van der Waals surface area contributed by atoms with Gasteiger partial charge in [0.15, 0.2) is 11.5 Å². The van der Waals surface area contributed by atoms with Crippen LogP contribution in [0.1, 0.15) is 51.5 Å². The van der Waals surface area contributed by atoms with Crippen molar-refractivity contribution in [3.05, 3.63) is 42.2 Å². The molecule has 0 atom stereocenters. The van der Waals surface area contributed by atoms with Crippen molar-refractivity contribution in [2.75, 3.05) is 40.5 Å². The maximum Gasteiger partial charge on any atom is 0.203 e. The van der Waals surface area contributed by atoms with Gasteiger partial charge in [-0.25, -0.2) is 4.98 Å². The smallest absolute Gasteiger partial charge is 0.203 e. The first-order valence-electron chi connectivity index (χ1n) is 12.2. The number of aryl methyl sites for hydroxylation is 1. The zero-order chi connectivity index (χ0) is 23.6. The number of unbranched alkanes of at least 4 members (excludes halogenated alkanes) is 2. The van der Waals surface area contributed by atoms with Gasteiger partial charge >= 0.3 is 0 Å². The zero-order valence-electron chi connectivity index (χ0n) is 21.3. The number of hydrogen-bond acceptors (Lipinski definition) is 5. The molecule has 3 aromatic rings. The molecule has 0 amide bonds. The summed E-state index contributed by atoms with van der Waals surface area (Å²) in [5.41, 5.74) is 3.88. The fraction of sp³-hybridized carbons (Fsp3) is 0.519. The molecule has 2 aromatic heterocycles. The van der Waals surface area contributed by atoms with Crippen LogP contribution in [0.3, 0.4) is 0 Å². The highest BCUT2D eigenvalue weighted by Crippen LogP contribution is 2.41. The van der Waals surface area contributed by atoms with E-state index < -0.39 is 0 Å². The van der Waals surface area contributed by atoms with E-state index in [4.69, 9.17) is 19.2 Å². The van der Waals surface area contributed by atoms with E-state index >= 15 is 0 Å². The molecule has 0 spiro atoms. The third-order valence-corrected chi connectivity index (χ3v) is 5.96. The maximum absolute atomic E-state index is 6.18. The Morgan fingerprint density at radius 3 is 2.12 bits per heavy atom. The highest BCUT2D eigenvalue weighted by molar-refractivity contribution is 5.85. The standard InChI is InChI=1S/C27H39N3O3.ClH/c1-6-8-13-29(14-9-7-2)15-11-17-33-26-24(31-4)18-22(19-25(26)32-5)23-20-30-16-10-12-21(3)27(30)28-23;/h10,12,16,18-20H,6-9,11,13-15,17H2,1-5H3;1H. The summed E-state index contributed by atoms with van der Waals surface area (Å²) in [7, 11) is 3.33. The molecule has 0 radical (unpaired) electrons. The number of halogens is 1. The molecule has 0 saturated carbocycles. The number of nitrogens with zero attached hydrogens (tertiary/aromatic N) is 3. The van der Waals surface area contributed by atoms with E-state index in [2.05, 4.69) is 31.7 Å². The average molecular weight is 490 g/mol. The Hall–Kier alpha value is -2.44. The summed E-state index contributed by atoms with van der Waals surface area (Å²) >= 11 is 0. The van der Waals surface area contributed by atoms with Crippen molar-refractivity contribution >= 4 is 18.1 Å². The summed E-state index contributed by atoms with van der Waals surface area (Å²) in [4.78, 5) is 7.37. The van der Waals surface area contributed by atoms with Crippen LogP contribution in [0.4, 0.5) is 0 Å². The van der Waals surface area contributed by atoms with Crippen LogP contribution in [-0.4, -0.2) is 54.7 Å². The second-order valence-electron chi connectivity index (χ2n) is 8.51. The van der Waals surface area contributed by atoms with Crippen LogP contribution in [0.15, 0.2) is 36.7 Å². The van der Waals surface area contributed by atoms with Crippen LogP contribution in [0.2, 0.25) is 0 Å². The number of pyridine rings is 1. The van der Waals surface area contributed by atoms with Crippen molar-refractivity contribution in [2.24, 2.45) is 0 Å². The van der Waals surface area contributed by atoms with E-state index in [0.29, 0.717) is 23.9 Å². The number of rotatable bonds is 14. The van der Waals surface area contributed by atoms with Gasteiger partial charge in [0.1, 0.15) is 5.65 Å². The van der Waals surface area contributed by atoms with E-state index in [9.17, 15) is 0 Å². The molecule has 0 aliphatic rings. The van der Waals surface area contributed by atoms with Crippen LogP contribution in [0.25, 0.3) is 16.9 Å². The minimum Gasteiger partial charge on any atom is -0.493 e. The lowest BCUT2D eigenvalue weighted by Gasteiger charge is -2.22. The van der Waals surface area contributed by atoms with E-state index in [1.165, 1.54) is 25.7 Å². The predicted octanol–water partition coefficient (Wildman–Crippen LogP) is 6.42. The van der Waals surface area contributed by atoms with Gasteiger partial charge in [0.05, 0.1) is 26.5 Å². The van der Waals surface area contributed by atoms with E-state index in [0.717, 1.165) is 48.5 Å². The largest absolute Gasteiger partial charge is 0.493 e. The van der Waals surface area contributed by atoms with Gasteiger partial charge in [-0.2, -0.15) is 0 Å². The molecule has 1 aromatic carbocycles. The zero-order valence-corrected chi connectivity index (χ0v) is 22.1. The number of aromatic nitrogens is 2. The van der Waals surface area contributed by atoms with Crippen LogP contribution in [0, 0.1) is 6.92 Å². The predicted molar refractivity (Wildman–Crippen MR) is 142 cm³/mol. The second-order valence-corrected chi connectivity index (χ2v) is 8.51. The topological polar surface area (TPSA) is 48.2 Å².